The number of carboxylic acid groups (broad SMARTS) is 1. The molecule has 0 bridgehead atoms. The Kier molecular flexibility index (Phi) is 12.6. The second kappa shape index (κ2) is 15.9. The topological polar surface area (TPSA) is 113 Å². The number of nitrogens with one attached hydrogen (secondary N) is 1. The molecule has 4 atom stereocenters. The SMILES string of the molecule is C\C=C/C(=C\C=C\C1C[C@H](N)CC(C(=O)Nc2ccc(C(F)(F)F)cc2F)[C@@H]1C)N(C)Sc1ccc2c(c1)nc(C)n2C.O=CO. The van der Waals surface area contributed by atoms with Crippen LogP contribution < -0.4 is 11.1 Å². The van der Waals surface area contributed by atoms with Gasteiger partial charge in [0.1, 0.15) is 11.6 Å². The number of aromatic nitrogens is 2. The molecule has 0 radical (unpaired) electrons. The summed E-state index contributed by atoms with van der Waals surface area (Å²) >= 11 is 1.58. The number of carbonyl (C=O) groups is 2. The van der Waals surface area contributed by atoms with Crippen molar-refractivity contribution in [2.45, 2.75) is 50.7 Å². The molecule has 2 aromatic carbocycles. The van der Waals surface area contributed by atoms with Crippen LogP contribution in [0.4, 0.5) is 23.2 Å². The smallest absolute Gasteiger partial charge is 0.416 e. The molecule has 1 amide bonds. The standard InChI is InChI=1S/C32H37F4N5OS.CH2O2/c1-6-8-24(41(5)43-25-12-14-30-29(18-25)38-20(3)40(30)4)10-7-9-21-15-23(37)17-26(19(21)2)31(42)39-28-13-11-22(16-27(28)33)32(34,35)36;2-1-3/h6-14,16,18-19,21,23,26H,15,17,37H2,1-5H3,(H,39,42);1H,(H,2,3)/b8-6-,9-7+,24-10+;/t19-,21?,23+,26?;/m1./s1. The van der Waals surface area contributed by atoms with Crippen LogP contribution in [0.25, 0.3) is 11.0 Å². The van der Waals surface area contributed by atoms with Crippen molar-refractivity contribution in [3.05, 3.63) is 89.7 Å². The number of alkyl halides is 3. The maximum atomic E-state index is 14.4. The van der Waals surface area contributed by atoms with Gasteiger partial charge in [-0.3, -0.25) is 9.59 Å². The molecule has 1 saturated carbocycles. The van der Waals surface area contributed by atoms with E-state index in [0.717, 1.165) is 39.6 Å². The average Bonchev–Trinajstić information content (AvgIpc) is 3.26. The minimum absolute atomic E-state index is 0.0205. The molecule has 46 heavy (non-hydrogen) atoms. The Morgan fingerprint density at radius 3 is 2.54 bits per heavy atom. The fourth-order valence-corrected chi connectivity index (χ4v) is 6.25. The number of amides is 1. The first-order valence-corrected chi connectivity index (χ1v) is 15.3. The molecule has 2 unspecified atom stereocenters. The van der Waals surface area contributed by atoms with Gasteiger partial charge >= 0.3 is 6.18 Å². The number of rotatable bonds is 8. The number of nitrogens with two attached hydrogens (primary N) is 1. The molecule has 248 valence electrons. The number of imidazole rings is 1. The number of aryl methyl sites for hydroxylation is 2. The highest BCUT2D eigenvalue weighted by Gasteiger charge is 2.37. The molecule has 13 heteroatoms. The van der Waals surface area contributed by atoms with Gasteiger partial charge < -0.3 is 25.0 Å². The molecule has 1 aliphatic rings. The van der Waals surface area contributed by atoms with Crippen LogP contribution >= 0.6 is 11.9 Å². The lowest BCUT2D eigenvalue weighted by atomic mass is 9.70. The van der Waals surface area contributed by atoms with Crippen molar-refractivity contribution < 1.29 is 32.3 Å². The van der Waals surface area contributed by atoms with Crippen molar-refractivity contribution >= 4 is 41.0 Å². The van der Waals surface area contributed by atoms with Crippen molar-refractivity contribution in [1.29, 1.82) is 0 Å². The Morgan fingerprint density at radius 1 is 1.22 bits per heavy atom. The second-order valence-electron chi connectivity index (χ2n) is 11.1. The van der Waals surface area contributed by atoms with Gasteiger partial charge in [0.2, 0.25) is 5.91 Å². The molecular weight excluding hydrogens is 622 g/mol. The van der Waals surface area contributed by atoms with Crippen LogP contribution in [0.2, 0.25) is 0 Å². The number of likely N-dealkylation sites (N-methyl/N-ethyl adjacent to an activating group) is 1. The fraction of sp³-hybridized carbons (Fsp3) is 0.364. The van der Waals surface area contributed by atoms with Crippen LogP contribution in [0.5, 0.6) is 0 Å². The molecule has 8 nitrogen and oxygen atoms in total. The van der Waals surface area contributed by atoms with Gasteiger partial charge in [0.15, 0.2) is 0 Å². The van der Waals surface area contributed by atoms with Crippen molar-refractivity contribution in [2.24, 2.45) is 30.5 Å². The highest BCUT2D eigenvalue weighted by Crippen LogP contribution is 2.37. The highest BCUT2D eigenvalue weighted by atomic mass is 32.2. The number of hydrogen-bond donors (Lipinski definition) is 3. The van der Waals surface area contributed by atoms with Gasteiger partial charge in [0, 0.05) is 36.6 Å². The van der Waals surface area contributed by atoms with Gasteiger partial charge in [-0.15, -0.1) is 0 Å². The lowest BCUT2D eigenvalue weighted by Gasteiger charge is -2.37. The molecule has 1 fully saturated rings. The molecule has 4 N–H and O–H groups in total. The van der Waals surface area contributed by atoms with E-state index in [1.807, 2.05) is 65.2 Å². The number of fused-ring (bicyclic) bond motifs is 1. The van der Waals surface area contributed by atoms with Crippen molar-refractivity contribution in [2.75, 3.05) is 12.4 Å². The molecule has 0 spiro atoms. The van der Waals surface area contributed by atoms with Gasteiger partial charge in [-0.05, 0) is 99.0 Å². The summed E-state index contributed by atoms with van der Waals surface area (Å²) in [5.41, 5.74) is 7.90. The number of carbonyl (C=O) groups excluding carboxylic acids is 1. The zero-order valence-electron chi connectivity index (χ0n) is 26.3. The van der Waals surface area contributed by atoms with Crippen LogP contribution in [0.15, 0.2) is 77.4 Å². The summed E-state index contributed by atoms with van der Waals surface area (Å²) in [6, 6.07) is 8.04. The maximum Gasteiger partial charge on any atom is 0.416 e. The third-order valence-electron chi connectivity index (χ3n) is 7.98. The van der Waals surface area contributed by atoms with Gasteiger partial charge in [-0.25, -0.2) is 9.37 Å². The zero-order valence-corrected chi connectivity index (χ0v) is 27.1. The Labute approximate surface area is 270 Å². The van der Waals surface area contributed by atoms with Crippen molar-refractivity contribution in [3.8, 4) is 0 Å². The lowest BCUT2D eigenvalue weighted by molar-refractivity contribution is -0.137. The predicted octanol–water partition coefficient (Wildman–Crippen LogP) is 7.32. The number of hydrogen-bond acceptors (Lipinski definition) is 6. The number of anilines is 1. The fourth-order valence-electron chi connectivity index (χ4n) is 5.42. The van der Waals surface area contributed by atoms with Crippen LogP contribution in [-0.2, 0) is 22.8 Å². The van der Waals surface area contributed by atoms with E-state index < -0.39 is 29.4 Å². The lowest BCUT2D eigenvalue weighted by Crippen LogP contribution is -2.42. The molecule has 1 aromatic heterocycles. The van der Waals surface area contributed by atoms with Crippen LogP contribution in [-0.4, -0.2) is 44.4 Å². The summed E-state index contributed by atoms with van der Waals surface area (Å²) in [6.07, 6.45) is 6.36. The average molecular weight is 662 g/mol. The molecule has 3 aromatic rings. The Balaban J connectivity index is 0.00000185. The summed E-state index contributed by atoms with van der Waals surface area (Å²) in [5, 5.41) is 9.37. The summed E-state index contributed by atoms with van der Waals surface area (Å²) in [4.78, 5) is 27.2. The number of nitrogens with zero attached hydrogens (tertiary/aromatic N) is 3. The summed E-state index contributed by atoms with van der Waals surface area (Å²) in [5.74, 6) is -1.30. The Hall–Kier alpha value is -4.10. The number of allylic oxidation sites excluding steroid dienone is 5. The summed E-state index contributed by atoms with van der Waals surface area (Å²) in [6.45, 7) is 5.62. The minimum atomic E-state index is -4.67. The van der Waals surface area contributed by atoms with Gasteiger partial charge in [0.05, 0.1) is 22.3 Å². The number of benzene rings is 2. The van der Waals surface area contributed by atoms with Gasteiger partial charge in [-0.1, -0.05) is 25.2 Å². The first kappa shape index (κ1) is 36.4. The first-order chi connectivity index (χ1) is 21.7. The van der Waals surface area contributed by atoms with E-state index in [-0.39, 0.29) is 30.0 Å². The normalized spacial score (nSPS) is 20.5. The van der Waals surface area contributed by atoms with Crippen LogP contribution in [0.1, 0.15) is 38.1 Å². The summed E-state index contributed by atoms with van der Waals surface area (Å²) in [7, 11) is 3.98. The van der Waals surface area contributed by atoms with E-state index in [1.54, 1.807) is 11.9 Å². The molecule has 4 rings (SSSR count). The van der Waals surface area contributed by atoms with Gasteiger partial charge in [0.25, 0.3) is 6.47 Å². The molecule has 0 saturated heterocycles. The first-order valence-electron chi connectivity index (χ1n) is 14.6. The molecule has 0 aliphatic heterocycles. The second-order valence-corrected chi connectivity index (χ2v) is 12.3. The van der Waals surface area contributed by atoms with E-state index in [1.165, 1.54) is 0 Å². The van der Waals surface area contributed by atoms with Gasteiger partial charge in [-0.2, -0.15) is 13.2 Å². The van der Waals surface area contributed by atoms with Crippen molar-refractivity contribution in [1.82, 2.24) is 13.9 Å². The molecule has 1 aliphatic carbocycles. The predicted molar refractivity (Wildman–Crippen MR) is 173 cm³/mol. The van der Waals surface area contributed by atoms with E-state index >= 15 is 0 Å². The van der Waals surface area contributed by atoms with E-state index in [2.05, 4.69) is 37.4 Å². The quantitative estimate of drug-likeness (QED) is 0.100. The zero-order chi connectivity index (χ0) is 34.2. The maximum absolute atomic E-state index is 14.4. The van der Waals surface area contributed by atoms with E-state index in [0.29, 0.717) is 18.9 Å². The van der Waals surface area contributed by atoms with E-state index in [9.17, 15) is 22.4 Å². The summed E-state index contributed by atoms with van der Waals surface area (Å²) < 4.78 is 57.2. The largest absolute Gasteiger partial charge is 0.483 e. The molecule has 1 heterocycles. The Bertz CT molecular complexity index is 1620. The highest BCUT2D eigenvalue weighted by molar-refractivity contribution is 7.97. The monoisotopic (exact) mass is 661 g/mol. The third-order valence-corrected chi connectivity index (χ3v) is 8.93. The van der Waals surface area contributed by atoms with Crippen LogP contribution in [0.3, 0.4) is 0 Å². The molecular formula is C33H39F4N5O3S. The van der Waals surface area contributed by atoms with Crippen molar-refractivity contribution in [3.63, 3.8) is 0 Å². The number of halogens is 4. The third kappa shape index (κ3) is 9.23. The Morgan fingerprint density at radius 2 is 1.91 bits per heavy atom. The van der Waals surface area contributed by atoms with E-state index in [4.69, 9.17) is 15.6 Å². The van der Waals surface area contributed by atoms with Crippen LogP contribution in [0, 0.1) is 30.5 Å². The minimum Gasteiger partial charge on any atom is -0.483 e.